The van der Waals surface area contributed by atoms with Crippen LogP contribution in [0.4, 0.5) is 0 Å². The summed E-state index contributed by atoms with van der Waals surface area (Å²) in [6.07, 6.45) is 2.67. The maximum Gasteiger partial charge on any atom is 0.0409 e. The summed E-state index contributed by atoms with van der Waals surface area (Å²) in [4.78, 5) is 0. The lowest BCUT2D eigenvalue weighted by atomic mass is 10.0. The molecule has 2 aromatic carbocycles. The Kier molecular flexibility index (Phi) is 3.86. The largest absolute Gasteiger partial charge is 0.306 e. The minimum absolute atomic E-state index is 0.472. The van der Waals surface area contributed by atoms with Gasteiger partial charge in [-0.2, -0.15) is 0 Å². The van der Waals surface area contributed by atoms with E-state index < -0.39 is 0 Å². The number of rotatable bonds is 5. The molecular formula is C17H18ClN. The van der Waals surface area contributed by atoms with Crippen LogP contribution in [0.5, 0.6) is 0 Å². The number of benzene rings is 2. The van der Waals surface area contributed by atoms with Crippen molar-refractivity contribution in [2.75, 3.05) is 0 Å². The molecule has 1 unspecified atom stereocenters. The molecule has 1 atom stereocenters. The molecule has 0 aliphatic heterocycles. The molecule has 0 saturated heterocycles. The van der Waals surface area contributed by atoms with E-state index in [0.29, 0.717) is 6.04 Å². The Labute approximate surface area is 119 Å². The zero-order valence-corrected chi connectivity index (χ0v) is 11.6. The van der Waals surface area contributed by atoms with E-state index in [1.165, 1.54) is 24.0 Å². The Morgan fingerprint density at radius 1 is 1.05 bits per heavy atom. The van der Waals surface area contributed by atoms with E-state index in [2.05, 4.69) is 41.7 Å². The van der Waals surface area contributed by atoms with E-state index in [0.717, 1.165) is 17.5 Å². The molecule has 1 saturated carbocycles. The maximum absolute atomic E-state index is 6.02. The first-order valence-electron chi connectivity index (χ1n) is 6.86. The van der Waals surface area contributed by atoms with Gasteiger partial charge in [-0.15, -0.1) is 0 Å². The van der Waals surface area contributed by atoms with Crippen molar-refractivity contribution in [2.24, 2.45) is 5.92 Å². The van der Waals surface area contributed by atoms with E-state index in [1.807, 2.05) is 18.2 Å². The third-order valence-corrected chi connectivity index (χ3v) is 3.90. The van der Waals surface area contributed by atoms with Crippen molar-refractivity contribution in [3.8, 4) is 0 Å². The SMILES string of the molecule is Clc1cccc(CNC(c2ccccc2)C2CC2)c1. The lowest BCUT2D eigenvalue weighted by molar-refractivity contribution is 0.480. The molecule has 1 nitrogen and oxygen atoms in total. The average molecular weight is 272 g/mol. The lowest BCUT2D eigenvalue weighted by Gasteiger charge is -2.19. The van der Waals surface area contributed by atoms with Crippen LogP contribution in [0.25, 0.3) is 0 Å². The normalized spacial score (nSPS) is 16.3. The molecule has 1 aliphatic rings. The standard InChI is InChI=1S/C17H18ClN/c18-16-8-4-5-13(11-16)12-19-17(15-9-10-15)14-6-2-1-3-7-14/h1-8,11,15,17,19H,9-10,12H2. The van der Waals surface area contributed by atoms with Crippen molar-refractivity contribution in [1.82, 2.24) is 5.32 Å². The molecule has 0 heterocycles. The first-order valence-corrected chi connectivity index (χ1v) is 7.23. The summed E-state index contributed by atoms with van der Waals surface area (Å²) in [6, 6.07) is 19.3. The molecule has 0 aromatic heterocycles. The molecule has 1 N–H and O–H groups in total. The summed E-state index contributed by atoms with van der Waals surface area (Å²) in [6.45, 7) is 0.872. The van der Waals surface area contributed by atoms with E-state index in [9.17, 15) is 0 Å². The molecule has 2 aromatic rings. The van der Waals surface area contributed by atoms with E-state index in [4.69, 9.17) is 11.6 Å². The second-order valence-electron chi connectivity index (χ2n) is 5.24. The van der Waals surface area contributed by atoms with Crippen molar-refractivity contribution in [3.63, 3.8) is 0 Å². The lowest BCUT2D eigenvalue weighted by Crippen LogP contribution is -2.22. The van der Waals surface area contributed by atoms with Gasteiger partial charge in [0, 0.05) is 17.6 Å². The highest BCUT2D eigenvalue weighted by Gasteiger charge is 2.31. The summed E-state index contributed by atoms with van der Waals surface area (Å²) in [7, 11) is 0. The van der Waals surface area contributed by atoms with Crippen LogP contribution in [-0.2, 0) is 6.54 Å². The van der Waals surface area contributed by atoms with Crippen LogP contribution in [0.15, 0.2) is 54.6 Å². The third kappa shape index (κ3) is 3.37. The summed E-state index contributed by atoms with van der Waals surface area (Å²) in [5.41, 5.74) is 2.64. The third-order valence-electron chi connectivity index (χ3n) is 3.67. The predicted molar refractivity (Wildman–Crippen MR) is 80.2 cm³/mol. The smallest absolute Gasteiger partial charge is 0.0409 e. The summed E-state index contributed by atoms with van der Waals surface area (Å²) >= 11 is 6.02. The Bertz CT molecular complexity index is 534. The molecule has 0 radical (unpaired) electrons. The topological polar surface area (TPSA) is 12.0 Å². The first-order chi connectivity index (χ1) is 9.33. The van der Waals surface area contributed by atoms with Gasteiger partial charge >= 0.3 is 0 Å². The van der Waals surface area contributed by atoms with E-state index in [1.54, 1.807) is 0 Å². The molecule has 2 heteroatoms. The summed E-state index contributed by atoms with van der Waals surface area (Å²) in [5.74, 6) is 0.793. The van der Waals surface area contributed by atoms with Crippen LogP contribution < -0.4 is 5.32 Å². The average Bonchev–Trinajstić information content (AvgIpc) is 3.25. The molecule has 1 aliphatic carbocycles. The molecule has 1 fully saturated rings. The Morgan fingerprint density at radius 3 is 2.53 bits per heavy atom. The quantitative estimate of drug-likeness (QED) is 0.839. The van der Waals surface area contributed by atoms with Crippen LogP contribution >= 0.6 is 11.6 Å². The fraction of sp³-hybridized carbons (Fsp3) is 0.294. The highest BCUT2D eigenvalue weighted by molar-refractivity contribution is 6.30. The summed E-state index contributed by atoms with van der Waals surface area (Å²) in [5, 5.41) is 4.49. The van der Waals surface area contributed by atoms with Crippen LogP contribution in [0.1, 0.15) is 30.0 Å². The van der Waals surface area contributed by atoms with Gasteiger partial charge in [-0.1, -0.05) is 54.1 Å². The van der Waals surface area contributed by atoms with Gasteiger partial charge in [0.1, 0.15) is 0 Å². The van der Waals surface area contributed by atoms with Crippen LogP contribution in [0.3, 0.4) is 0 Å². The van der Waals surface area contributed by atoms with Gasteiger partial charge in [0.05, 0.1) is 0 Å². The Morgan fingerprint density at radius 2 is 1.84 bits per heavy atom. The number of hydrogen-bond acceptors (Lipinski definition) is 1. The Hall–Kier alpha value is -1.31. The van der Waals surface area contributed by atoms with E-state index >= 15 is 0 Å². The first kappa shape index (κ1) is 12.7. The second-order valence-corrected chi connectivity index (χ2v) is 5.67. The van der Waals surface area contributed by atoms with Crippen LogP contribution in [-0.4, -0.2) is 0 Å². The molecule has 0 spiro atoms. The van der Waals surface area contributed by atoms with Crippen molar-refractivity contribution >= 4 is 11.6 Å². The predicted octanol–water partition coefficient (Wildman–Crippen LogP) is 4.58. The molecule has 3 rings (SSSR count). The van der Waals surface area contributed by atoms with Crippen molar-refractivity contribution in [1.29, 1.82) is 0 Å². The number of nitrogens with one attached hydrogen (secondary N) is 1. The molecule has 98 valence electrons. The van der Waals surface area contributed by atoms with Gasteiger partial charge in [0.2, 0.25) is 0 Å². The van der Waals surface area contributed by atoms with Crippen molar-refractivity contribution in [2.45, 2.75) is 25.4 Å². The van der Waals surface area contributed by atoms with Gasteiger partial charge in [0.25, 0.3) is 0 Å². The van der Waals surface area contributed by atoms with Crippen LogP contribution in [0.2, 0.25) is 5.02 Å². The van der Waals surface area contributed by atoms with Crippen LogP contribution in [0, 0.1) is 5.92 Å². The Balaban J connectivity index is 1.69. The minimum Gasteiger partial charge on any atom is -0.306 e. The second kappa shape index (κ2) is 5.77. The maximum atomic E-state index is 6.02. The highest BCUT2D eigenvalue weighted by atomic mass is 35.5. The monoisotopic (exact) mass is 271 g/mol. The van der Waals surface area contributed by atoms with Gasteiger partial charge < -0.3 is 5.32 Å². The zero-order chi connectivity index (χ0) is 13.1. The highest BCUT2D eigenvalue weighted by Crippen LogP contribution is 2.41. The number of hydrogen-bond donors (Lipinski definition) is 1. The van der Waals surface area contributed by atoms with Crippen molar-refractivity contribution < 1.29 is 0 Å². The van der Waals surface area contributed by atoms with Gasteiger partial charge in [-0.3, -0.25) is 0 Å². The molecule has 0 amide bonds. The summed E-state index contributed by atoms with van der Waals surface area (Å²) < 4.78 is 0. The zero-order valence-electron chi connectivity index (χ0n) is 10.9. The van der Waals surface area contributed by atoms with E-state index in [-0.39, 0.29) is 0 Å². The fourth-order valence-corrected chi connectivity index (χ4v) is 2.73. The van der Waals surface area contributed by atoms with Crippen molar-refractivity contribution in [3.05, 3.63) is 70.7 Å². The fourth-order valence-electron chi connectivity index (χ4n) is 2.52. The van der Waals surface area contributed by atoms with Gasteiger partial charge in [-0.25, -0.2) is 0 Å². The molecule has 19 heavy (non-hydrogen) atoms. The minimum atomic E-state index is 0.472. The van der Waals surface area contributed by atoms with Gasteiger partial charge in [0.15, 0.2) is 0 Å². The number of halogens is 1. The van der Waals surface area contributed by atoms with Gasteiger partial charge in [-0.05, 0) is 42.0 Å². The molecule has 0 bridgehead atoms. The molecular weight excluding hydrogens is 254 g/mol.